The molecule has 2 rings (SSSR count). The number of hydrogen-bond acceptors (Lipinski definition) is 3. The molecule has 0 unspecified atom stereocenters. The number of benzene rings is 2. The van der Waals surface area contributed by atoms with Gasteiger partial charge in [0, 0.05) is 20.1 Å². The summed E-state index contributed by atoms with van der Waals surface area (Å²) in [7, 11) is -1.83. The summed E-state index contributed by atoms with van der Waals surface area (Å²) < 4.78 is 62.1. The summed E-state index contributed by atoms with van der Waals surface area (Å²) in [5, 5.41) is 5.93. The molecule has 0 spiro atoms. The van der Waals surface area contributed by atoms with Gasteiger partial charge in [-0.2, -0.15) is 13.2 Å². The molecule has 0 aromatic heterocycles. The van der Waals surface area contributed by atoms with E-state index in [0.29, 0.717) is 18.9 Å². The summed E-state index contributed by atoms with van der Waals surface area (Å²) in [6.07, 6.45) is -3.84. The molecule has 0 aliphatic rings. The zero-order valence-corrected chi connectivity index (χ0v) is 18.9. The third-order valence-electron chi connectivity index (χ3n) is 3.98. The Hall–Kier alpha value is -1.82. The zero-order chi connectivity index (χ0) is 20.6. The second-order valence-corrected chi connectivity index (χ2v) is 8.11. The average Bonchev–Trinajstić information content (AvgIpc) is 2.67. The van der Waals surface area contributed by atoms with Gasteiger partial charge in [-0.25, -0.2) is 8.42 Å². The van der Waals surface area contributed by atoms with Gasteiger partial charge in [-0.1, -0.05) is 30.3 Å². The lowest BCUT2D eigenvalue weighted by Gasteiger charge is -2.12. The number of hydrogen-bond donors (Lipinski definition) is 2. The van der Waals surface area contributed by atoms with Crippen molar-refractivity contribution >= 4 is 39.8 Å². The van der Waals surface area contributed by atoms with Gasteiger partial charge in [0.25, 0.3) is 0 Å². The molecule has 0 amide bonds. The number of nitrogens with zero attached hydrogens (tertiary/aromatic N) is 1. The lowest BCUT2D eigenvalue weighted by Crippen LogP contribution is -2.40. The van der Waals surface area contributed by atoms with Gasteiger partial charge in [-0.15, -0.1) is 24.0 Å². The molecule has 0 aliphatic carbocycles. The number of guanidine groups is 1. The van der Waals surface area contributed by atoms with Crippen LogP contribution in [0.25, 0.3) is 0 Å². The normalized spacial score (nSPS) is 12.2. The van der Waals surface area contributed by atoms with E-state index in [1.165, 1.54) is 12.1 Å². The van der Waals surface area contributed by atoms with E-state index in [-0.39, 0.29) is 41.2 Å². The van der Waals surface area contributed by atoms with Gasteiger partial charge in [-0.3, -0.25) is 4.99 Å². The Morgan fingerprint density at radius 2 is 1.55 bits per heavy atom. The minimum atomic E-state index is -4.34. The van der Waals surface area contributed by atoms with Crippen LogP contribution in [0.2, 0.25) is 0 Å². The molecule has 0 saturated heterocycles. The maximum absolute atomic E-state index is 12.6. The van der Waals surface area contributed by atoms with Gasteiger partial charge in [0.05, 0.1) is 16.2 Å². The fourth-order valence-corrected chi connectivity index (χ4v) is 3.63. The maximum Gasteiger partial charge on any atom is 0.416 e. The molecule has 29 heavy (non-hydrogen) atoms. The summed E-state index contributed by atoms with van der Waals surface area (Å²) in [4.78, 5) is 4.27. The lowest BCUT2D eigenvalue weighted by molar-refractivity contribution is -0.137. The van der Waals surface area contributed by atoms with Crippen LogP contribution in [0, 0.1) is 0 Å². The minimum absolute atomic E-state index is 0. The van der Waals surface area contributed by atoms with Crippen LogP contribution in [0.3, 0.4) is 0 Å². The van der Waals surface area contributed by atoms with E-state index in [1.54, 1.807) is 37.4 Å². The van der Waals surface area contributed by atoms with Crippen molar-refractivity contribution in [2.75, 3.05) is 25.9 Å². The Bertz CT molecular complexity index is 887. The monoisotopic (exact) mass is 541 g/mol. The second-order valence-electron chi connectivity index (χ2n) is 6.00. The first kappa shape index (κ1) is 25.2. The predicted octanol–water partition coefficient (Wildman–Crippen LogP) is 3.50. The first-order chi connectivity index (χ1) is 13.2. The Labute approximate surface area is 185 Å². The summed E-state index contributed by atoms with van der Waals surface area (Å²) in [5.74, 6) is 0.339. The number of rotatable bonds is 7. The van der Waals surface area contributed by atoms with Gasteiger partial charge in [0.2, 0.25) is 0 Å². The number of sulfone groups is 1. The molecule has 0 fully saturated rings. The first-order valence-electron chi connectivity index (χ1n) is 8.61. The molecule has 160 valence electrons. The summed E-state index contributed by atoms with van der Waals surface area (Å²) in [5.41, 5.74) is 0.0731. The van der Waals surface area contributed by atoms with Crippen LogP contribution in [0.15, 0.2) is 64.5 Å². The average molecular weight is 541 g/mol. The lowest BCUT2D eigenvalue weighted by atomic mass is 10.1. The van der Waals surface area contributed by atoms with Crippen LogP contribution in [0.1, 0.15) is 11.1 Å². The van der Waals surface area contributed by atoms with Gasteiger partial charge >= 0.3 is 6.18 Å². The molecular formula is C19H23F3IN3O2S. The van der Waals surface area contributed by atoms with Crippen molar-refractivity contribution in [2.45, 2.75) is 17.5 Å². The van der Waals surface area contributed by atoms with E-state index in [0.717, 1.165) is 17.7 Å². The quantitative estimate of drug-likeness (QED) is 0.320. The molecule has 2 aromatic carbocycles. The van der Waals surface area contributed by atoms with E-state index in [1.807, 2.05) is 0 Å². The zero-order valence-electron chi connectivity index (χ0n) is 15.7. The number of alkyl halides is 3. The molecule has 0 bridgehead atoms. The van der Waals surface area contributed by atoms with Gasteiger partial charge in [-0.05, 0) is 36.2 Å². The van der Waals surface area contributed by atoms with E-state index in [4.69, 9.17) is 0 Å². The second kappa shape index (κ2) is 11.4. The summed E-state index contributed by atoms with van der Waals surface area (Å²) >= 11 is 0. The highest BCUT2D eigenvalue weighted by molar-refractivity contribution is 14.0. The van der Waals surface area contributed by atoms with Crippen molar-refractivity contribution < 1.29 is 21.6 Å². The minimum Gasteiger partial charge on any atom is -0.356 e. The summed E-state index contributed by atoms with van der Waals surface area (Å²) in [6.45, 7) is 0.619. The van der Waals surface area contributed by atoms with Crippen molar-refractivity contribution in [3.8, 4) is 0 Å². The van der Waals surface area contributed by atoms with E-state index < -0.39 is 21.6 Å². The third-order valence-corrected chi connectivity index (χ3v) is 5.71. The highest BCUT2D eigenvalue weighted by Gasteiger charge is 2.29. The first-order valence-corrected chi connectivity index (χ1v) is 10.3. The van der Waals surface area contributed by atoms with Crippen LogP contribution in [-0.2, 0) is 22.4 Å². The molecule has 0 radical (unpaired) electrons. The number of aliphatic imine (C=N–C) groups is 1. The van der Waals surface area contributed by atoms with E-state index in [9.17, 15) is 21.6 Å². The molecule has 5 nitrogen and oxygen atoms in total. The van der Waals surface area contributed by atoms with Crippen LogP contribution in [-0.4, -0.2) is 40.3 Å². The highest BCUT2D eigenvalue weighted by atomic mass is 127. The number of halogens is 4. The SMILES string of the molecule is CN=C(NCCc1ccc(C(F)(F)F)cc1)NCCS(=O)(=O)c1ccccc1.I. The van der Waals surface area contributed by atoms with Crippen LogP contribution < -0.4 is 10.6 Å². The molecule has 0 heterocycles. The Morgan fingerprint density at radius 3 is 2.10 bits per heavy atom. The van der Waals surface area contributed by atoms with Crippen molar-refractivity contribution in [1.82, 2.24) is 10.6 Å². The predicted molar refractivity (Wildman–Crippen MR) is 118 cm³/mol. The van der Waals surface area contributed by atoms with Gasteiger partial charge in [0.15, 0.2) is 15.8 Å². The van der Waals surface area contributed by atoms with Crippen molar-refractivity contribution in [1.29, 1.82) is 0 Å². The fraction of sp³-hybridized carbons (Fsp3) is 0.316. The largest absolute Gasteiger partial charge is 0.416 e. The molecule has 0 atom stereocenters. The summed E-state index contributed by atoms with van der Waals surface area (Å²) in [6, 6.07) is 13.2. The van der Waals surface area contributed by atoms with Crippen molar-refractivity contribution in [3.05, 3.63) is 65.7 Å². The van der Waals surface area contributed by atoms with Gasteiger partial charge in [0.1, 0.15) is 0 Å². The third kappa shape index (κ3) is 8.21. The molecule has 10 heteroatoms. The Morgan fingerprint density at radius 1 is 0.966 bits per heavy atom. The Balaban J connectivity index is 0.00000420. The highest BCUT2D eigenvalue weighted by Crippen LogP contribution is 2.29. The fourth-order valence-electron chi connectivity index (χ4n) is 2.46. The number of nitrogens with one attached hydrogen (secondary N) is 2. The molecule has 0 aliphatic heterocycles. The molecule has 0 saturated carbocycles. The van der Waals surface area contributed by atoms with Crippen LogP contribution >= 0.6 is 24.0 Å². The molecule has 2 N–H and O–H groups in total. The van der Waals surface area contributed by atoms with E-state index in [2.05, 4.69) is 15.6 Å². The topological polar surface area (TPSA) is 70.6 Å². The van der Waals surface area contributed by atoms with E-state index >= 15 is 0 Å². The maximum atomic E-state index is 12.6. The molecular weight excluding hydrogens is 518 g/mol. The van der Waals surface area contributed by atoms with Gasteiger partial charge < -0.3 is 10.6 Å². The van der Waals surface area contributed by atoms with Crippen molar-refractivity contribution in [2.24, 2.45) is 4.99 Å². The molecule has 2 aromatic rings. The van der Waals surface area contributed by atoms with Crippen LogP contribution in [0.4, 0.5) is 13.2 Å². The smallest absolute Gasteiger partial charge is 0.356 e. The standard InChI is InChI=1S/C19H22F3N3O2S.HI/c1-23-18(25-13-14-28(26,27)17-5-3-2-4-6-17)24-12-11-15-7-9-16(10-8-15)19(20,21)22;/h2-10H,11-14H2,1H3,(H2,23,24,25);1H. The van der Waals surface area contributed by atoms with Crippen LogP contribution in [0.5, 0.6) is 0 Å². The Kier molecular flexibility index (Phi) is 9.90. The van der Waals surface area contributed by atoms with Crippen molar-refractivity contribution in [3.63, 3.8) is 0 Å².